The second kappa shape index (κ2) is 12.8. The number of benzene rings is 2. The maximum atomic E-state index is 14.7. The van der Waals surface area contributed by atoms with Gasteiger partial charge in [-0.05, 0) is 37.0 Å². The van der Waals surface area contributed by atoms with Crippen molar-refractivity contribution in [1.82, 2.24) is 14.5 Å². The Bertz CT molecular complexity index is 1150. The number of nitrogens with zero attached hydrogens (tertiary/aromatic N) is 3. The van der Waals surface area contributed by atoms with Crippen molar-refractivity contribution in [1.29, 1.82) is 0 Å². The molecule has 0 aromatic heterocycles. The van der Waals surface area contributed by atoms with Crippen molar-refractivity contribution in [2.24, 2.45) is 5.92 Å². The van der Waals surface area contributed by atoms with Crippen LogP contribution < -0.4 is 9.62 Å². The molecule has 198 valence electrons. The van der Waals surface area contributed by atoms with Crippen LogP contribution in [0.1, 0.15) is 38.3 Å². The zero-order valence-electron chi connectivity index (χ0n) is 21.9. The number of amides is 2. The van der Waals surface area contributed by atoms with E-state index in [2.05, 4.69) is 5.32 Å². The summed E-state index contributed by atoms with van der Waals surface area (Å²) in [4.78, 5) is 28.2. The van der Waals surface area contributed by atoms with E-state index in [9.17, 15) is 22.4 Å². The van der Waals surface area contributed by atoms with E-state index in [1.165, 1.54) is 37.2 Å². The molecule has 8 nitrogen and oxygen atoms in total. The van der Waals surface area contributed by atoms with Gasteiger partial charge in [-0.3, -0.25) is 9.59 Å². The molecule has 0 spiro atoms. The third kappa shape index (κ3) is 7.51. The summed E-state index contributed by atoms with van der Waals surface area (Å²) in [5.74, 6) is -1.49. The van der Waals surface area contributed by atoms with E-state index in [0.717, 1.165) is 25.8 Å². The van der Waals surface area contributed by atoms with Crippen molar-refractivity contribution in [2.45, 2.75) is 46.7 Å². The second-order valence-electron chi connectivity index (χ2n) is 9.32. The molecule has 2 aromatic rings. The number of rotatable bonds is 12. The Labute approximate surface area is 214 Å². The number of halogens is 1. The summed E-state index contributed by atoms with van der Waals surface area (Å²) in [5.41, 5.74) is 1.54. The normalized spacial score (nSPS) is 12.5. The summed E-state index contributed by atoms with van der Waals surface area (Å²) in [5, 5.41) is 2.88. The van der Waals surface area contributed by atoms with Gasteiger partial charge < -0.3 is 10.2 Å². The highest BCUT2D eigenvalue weighted by molar-refractivity contribution is 7.90. The Morgan fingerprint density at radius 3 is 2.28 bits per heavy atom. The fraction of sp³-hybridized carbons (Fsp3) is 0.462. The van der Waals surface area contributed by atoms with Gasteiger partial charge in [0.25, 0.3) is 0 Å². The summed E-state index contributed by atoms with van der Waals surface area (Å²) < 4.78 is 42.6. The van der Waals surface area contributed by atoms with Gasteiger partial charge in [-0.1, -0.05) is 62.7 Å². The van der Waals surface area contributed by atoms with Crippen LogP contribution in [0.5, 0.6) is 0 Å². The van der Waals surface area contributed by atoms with E-state index >= 15 is 0 Å². The molecule has 36 heavy (non-hydrogen) atoms. The first-order valence-corrected chi connectivity index (χ1v) is 13.4. The molecular weight excluding hydrogens is 483 g/mol. The molecule has 0 fully saturated rings. The molecule has 10 heteroatoms. The first-order valence-electron chi connectivity index (χ1n) is 12.0. The Morgan fingerprint density at radius 2 is 1.72 bits per heavy atom. The number of aryl methyl sites for hydroxylation is 1. The predicted molar refractivity (Wildman–Crippen MR) is 140 cm³/mol. The maximum absolute atomic E-state index is 14.7. The molecular formula is C26H37FN4O4S. The van der Waals surface area contributed by atoms with Crippen molar-refractivity contribution in [3.8, 4) is 0 Å². The number of hydrogen-bond donors (Lipinski definition) is 1. The third-order valence-corrected chi connectivity index (χ3v) is 7.45. The fourth-order valence-corrected chi connectivity index (χ4v) is 4.77. The van der Waals surface area contributed by atoms with Gasteiger partial charge in [0, 0.05) is 27.2 Å². The van der Waals surface area contributed by atoms with Crippen LogP contribution in [-0.4, -0.2) is 62.7 Å². The van der Waals surface area contributed by atoms with Crippen LogP contribution >= 0.6 is 0 Å². The number of carbonyl (C=O) groups is 2. The van der Waals surface area contributed by atoms with Crippen LogP contribution in [0.2, 0.25) is 0 Å². The zero-order valence-corrected chi connectivity index (χ0v) is 22.7. The first-order chi connectivity index (χ1) is 16.9. The molecule has 2 rings (SSSR count). The van der Waals surface area contributed by atoms with E-state index < -0.39 is 34.5 Å². The van der Waals surface area contributed by atoms with Crippen LogP contribution in [-0.2, 0) is 26.3 Å². The van der Waals surface area contributed by atoms with Crippen molar-refractivity contribution in [3.05, 3.63) is 65.5 Å². The van der Waals surface area contributed by atoms with E-state index in [1.54, 1.807) is 6.92 Å². The van der Waals surface area contributed by atoms with Gasteiger partial charge in [0.2, 0.25) is 11.8 Å². The first kappa shape index (κ1) is 29.3. The van der Waals surface area contributed by atoms with E-state index in [4.69, 9.17) is 0 Å². The van der Waals surface area contributed by atoms with Crippen LogP contribution in [0.4, 0.5) is 10.1 Å². The van der Waals surface area contributed by atoms with Crippen molar-refractivity contribution < 1.29 is 22.4 Å². The largest absolute Gasteiger partial charge is 0.354 e. The average molecular weight is 521 g/mol. The monoisotopic (exact) mass is 520 g/mol. The highest BCUT2D eigenvalue weighted by Gasteiger charge is 2.34. The summed E-state index contributed by atoms with van der Waals surface area (Å²) in [7, 11) is -1.59. The number of anilines is 1. The van der Waals surface area contributed by atoms with Gasteiger partial charge in [-0.25, -0.2) is 8.70 Å². The highest BCUT2D eigenvalue weighted by atomic mass is 32.2. The van der Waals surface area contributed by atoms with Crippen molar-refractivity contribution in [2.75, 3.05) is 31.5 Å². The van der Waals surface area contributed by atoms with Gasteiger partial charge >= 0.3 is 10.2 Å². The summed E-state index contributed by atoms with van der Waals surface area (Å²) >= 11 is 0. The van der Waals surface area contributed by atoms with Crippen LogP contribution in [0.3, 0.4) is 0 Å². The second-order valence-corrected chi connectivity index (χ2v) is 11.4. The molecule has 2 aromatic carbocycles. The Balaban J connectivity index is 2.50. The number of nitrogens with one attached hydrogen (secondary N) is 1. The topological polar surface area (TPSA) is 90.0 Å². The third-order valence-electron chi connectivity index (χ3n) is 5.65. The highest BCUT2D eigenvalue weighted by Crippen LogP contribution is 2.24. The minimum absolute atomic E-state index is 0.0985. The van der Waals surface area contributed by atoms with E-state index in [0.29, 0.717) is 13.0 Å². The molecule has 0 heterocycles. The predicted octanol–water partition coefficient (Wildman–Crippen LogP) is 3.33. The standard InChI is InChI=1S/C26H37FN4O4S/c1-7-23(26(33)28-16-19(2)3)30(17-21-12-10-11-20(4)15-21)25(32)18-31(36(34,35)29(5)6)24-14-9-8-13-22(24)27/h8-15,19,23H,7,16-18H2,1-6H3,(H,28,33). The molecule has 0 saturated carbocycles. The number of hydrogen-bond acceptors (Lipinski definition) is 4. The van der Waals surface area contributed by atoms with Crippen LogP contribution in [0, 0.1) is 18.7 Å². The smallest absolute Gasteiger partial charge is 0.304 e. The summed E-state index contributed by atoms with van der Waals surface area (Å²) in [6.07, 6.45) is 0.321. The fourth-order valence-electron chi connectivity index (χ4n) is 3.71. The van der Waals surface area contributed by atoms with E-state index in [1.807, 2.05) is 45.0 Å². The summed E-state index contributed by atoms with van der Waals surface area (Å²) in [6.45, 7) is 7.53. The lowest BCUT2D eigenvalue weighted by Crippen LogP contribution is -2.53. The minimum Gasteiger partial charge on any atom is -0.354 e. The maximum Gasteiger partial charge on any atom is 0.304 e. The molecule has 0 aliphatic carbocycles. The molecule has 0 radical (unpaired) electrons. The van der Waals surface area contributed by atoms with Gasteiger partial charge in [0.05, 0.1) is 5.69 Å². The average Bonchev–Trinajstić information content (AvgIpc) is 2.81. The van der Waals surface area contributed by atoms with Crippen molar-refractivity contribution >= 4 is 27.7 Å². The number of carbonyl (C=O) groups excluding carboxylic acids is 2. The van der Waals surface area contributed by atoms with Gasteiger partial charge in [0.15, 0.2) is 0 Å². The van der Waals surface area contributed by atoms with Gasteiger partial charge in [0.1, 0.15) is 18.4 Å². The van der Waals surface area contributed by atoms with Gasteiger partial charge in [-0.15, -0.1) is 0 Å². The van der Waals surface area contributed by atoms with Crippen LogP contribution in [0.25, 0.3) is 0 Å². The molecule has 1 N–H and O–H groups in total. The molecule has 2 amide bonds. The Kier molecular flexibility index (Phi) is 10.4. The van der Waals surface area contributed by atoms with Crippen molar-refractivity contribution in [3.63, 3.8) is 0 Å². The lowest BCUT2D eigenvalue weighted by molar-refractivity contribution is -0.140. The quantitative estimate of drug-likeness (QED) is 0.465. The SMILES string of the molecule is CCC(C(=O)NCC(C)C)N(Cc1cccc(C)c1)C(=O)CN(c1ccccc1F)S(=O)(=O)N(C)C. The zero-order chi connectivity index (χ0) is 27.0. The summed E-state index contributed by atoms with van der Waals surface area (Å²) in [6, 6.07) is 12.1. The van der Waals surface area contributed by atoms with Crippen LogP contribution in [0.15, 0.2) is 48.5 Å². The minimum atomic E-state index is -4.22. The molecule has 0 aliphatic rings. The van der Waals surface area contributed by atoms with Gasteiger partial charge in [-0.2, -0.15) is 12.7 Å². The number of para-hydroxylation sites is 1. The Hall–Kier alpha value is -2.98. The Morgan fingerprint density at radius 1 is 1.06 bits per heavy atom. The molecule has 0 saturated heterocycles. The molecule has 1 unspecified atom stereocenters. The molecule has 1 atom stereocenters. The molecule has 0 bridgehead atoms. The lowest BCUT2D eigenvalue weighted by Gasteiger charge is -2.34. The van der Waals surface area contributed by atoms with E-state index in [-0.39, 0.29) is 24.1 Å². The lowest BCUT2D eigenvalue weighted by atomic mass is 10.1. The molecule has 0 aliphatic heterocycles.